The SMILES string of the molecule is CCC(C(=O)Nc1nc2c(s1)C(=O)CC(C)(C)C2)c1ccccc1. The van der Waals surface area contributed by atoms with E-state index in [0.717, 1.165) is 17.7 Å². The zero-order valence-electron chi connectivity index (χ0n) is 14.3. The van der Waals surface area contributed by atoms with Gasteiger partial charge in [0.15, 0.2) is 10.9 Å². The van der Waals surface area contributed by atoms with Crippen LogP contribution in [0.2, 0.25) is 0 Å². The second-order valence-electron chi connectivity index (χ2n) is 7.10. The lowest BCUT2D eigenvalue weighted by molar-refractivity contribution is -0.117. The molecule has 1 aromatic carbocycles. The smallest absolute Gasteiger partial charge is 0.233 e. The van der Waals surface area contributed by atoms with Crippen molar-refractivity contribution in [3.05, 3.63) is 46.5 Å². The lowest BCUT2D eigenvalue weighted by Gasteiger charge is -2.26. The molecule has 1 amide bonds. The zero-order chi connectivity index (χ0) is 17.3. The zero-order valence-corrected chi connectivity index (χ0v) is 15.1. The Kier molecular flexibility index (Phi) is 4.54. The Bertz CT molecular complexity index is 765. The highest BCUT2D eigenvalue weighted by Crippen LogP contribution is 2.38. The third-order valence-corrected chi connectivity index (χ3v) is 5.45. The van der Waals surface area contributed by atoms with E-state index in [0.29, 0.717) is 22.9 Å². The summed E-state index contributed by atoms with van der Waals surface area (Å²) in [6.07, 6.45) is 2.03. The fraction of sp³-hybridized carbons (Fsp3) is 0.421. The summed E-state index contributed by atoms with van der Waals surface area (Å²) in [7, 11) is 0. The number of carbonyl (C=O) groups is 2. The number of aromatic nitrogens is 1. The van der Waals surface area contributed by atoms with Gasteiger partial charge in [0.05, 0.1) is 16.5 Å². The molecule has 0 spiro atoms. The molecular formula is C19H22N2O2S. The number of Topliss-reactive ketones (excluding diaryl/α,β-unsaturated/α-hetero) is 1. The number of ketones is 1. The monoisotopic (exact) mass is 342 g/mol. The molecule has 1 aliphatic rings. The lowest BCUT2D eigenvalue weighted by atomic mass is 9.78. The highest BCUT2D eigenvalue weighted by atomic mass is 32.1. The average molecular weight is 342 g/mol. The van der Waals surface area contributed by atoms with E-state index in [-0.39, 0.29) is 23.0 Å². The van der Waals surface area contributed by atoms with E-state index in [9.17, 15) is 9.59 Å². The van der Waals surface area contributed by atoms with Crippen LogP contribution in [0, 0.1) is 5.41 Å². The first kappa shape index (κ1) is 16.8. The largest absolute Gasteiger partial charge is 0.301 e. The first-order valence-corrected chi connectivity index (χ1v) is 9.10. The molecule has 4 nitrogen and oxygen atoms in total. The summed E-state index contributed by atoms with van der Waals surface area (Å²) in [5.74, 6) is -0.143. The van der Waals surface area contributed by atoms with Crippen LogP contribution in [0.3, 0.4) is 0 Å². The van der Waals surface area contributed by atoms with Crippen LogP contribution in [0.25, 0.3) is 0 Å². The number of hydrogen-bond acceptors (Lipinski definition) is 4. The van der Waals surface area contributed by atoms with Gasteiger partial charge in [-0.2, -0.15) is 0 Å². The molecule has 2 aromatic rings. The number of amides is 1. The number of carbonyl (C=O) groups excluding carboxylic acids is 2. The molecule has 1 aliphatic carbocycles. The molecular weight excluding hydrogens is 320 g/mol. The third-order valence-electron chi connectivity index (χ3n) is 4.39. The number of fused-ring (bicyclic) bond motifs is 1. The summed E-state index contributed by atoms with van der Waals surface area (Å²) in [6, 6.07) is 9.75. The second kappa shape index (κ2) is 6.48. The van der Waals surface area contributed by atoms with E-state index in [1.165, 1.54) is 11.3 Å². The van der Waals surface area contributed by atoms with Crippen molar-refractivity contribution in [2.75, 3.05) is 5.32 Å². The van der Waals surface area contributed by atoms with Crippen molar-refractivity contribution in [2.45, 2.75) is 46.0 Å². The topological polar surface area (TPSA) is 59.1 Å². The Morgan fingerprint density at radius 1 is 1.29 bits per heavy atom. The van der Waals surface area contributed by atoms with Gasteiger partial charge >= 0.3 is 0 Å². The number of rotatable bonds is 4. The number of anilines is 1. The molecule has 0 bridgehead atoms. The minimum Gasteiger partial charge on any atom is -0.301 e. The predicted octanol–water partition coefficient (Wildman–Crippen LogP) is 4.43. The number of benzene rings is 1. The van der Waals surface area contributed by atoms with Gasteiger partial charge in [-0.05, 0) is 23.8 Å². The van der Waals surface area contributed by atoms with Crippen LogP contribution < -0.4 is 5.32 Å². The normalized spacial score (nSPS) is 17.2. The first-order valence-electron chi connectivity index (χ1n) is 8.28. The molecule has 24 heavy (non-hydrogen) atoms. The molecule has 1 atom stereocenters. The van der Waals surface area contributed by atoms with Crippen molar-refractivity contribution in [2.24, 2.45) is 5.41 Å². The van der Waals surface area contributed by atoms with Crippen molar-refractivity contribution in [1.82, 2.24) is 4.98 Å². The van der Waals surface area contributed by atoms with Crippen molar-refractivity contribution < 1.29 is 9.59 Å². The molecule has 3 rings (SSSR count). The van der Waals surface area contributed by atoms with E-state index in [2.05, 4.69) is 24.1 Å². The van der Waals surface area contributed by atoms with Crippen molar-refractivity contribution in [3.63, 3.8) is 0 Å². The van der Waals surface area contributed by atoms with Crippen LogP contribution in [0.5, 0.6) is 0 Å². The van der Waals surface area contributed by atoms with E-state index < -0.39 is 0 Å². The van der Waals surface area contributed by atoms with Gasteiger partial charge in [0.25, 0.3) is 0 Å². The van der Waals surface area contributed by atoms with Crippen LogP contribution >= 0.6 is 11.3 Å². The van der Waals surface area contributed by atoms with Gasteiger partial charge in [-0.15, -0.1) is 0 Å². The maximum Gasteiger partial charge on any atom is 0.233 e. The molecule has 0 saturated carbocycles. The Labute approximate surface area is 146 Å². The fourth-order valence-corrected chi connectivity index (χ4v) is 4.15. The summed E-state index contributed by atoms with van der Waals surface area (Å²) in [5.41, 5.74) is 1.76. The number of nitrogens with zero attached hydrogens (tertiary/aromatic N) is 1. The third kappa shape index (κ3) is 3.41. The van der Waals surface area contributed by atoms with Gasteiger partial charge in [-0.3, -0.25) is 9.59 Å². The quantitative estimate of drug-likeness (QED) is 0.894. The van der Waals surface area contributed by atoms with Gasteiger partial charge in [-0.1, -0.05) is 62.4 Å². The summed E-state index contributed by atoms with van der Waals surface area (Å²) in [5, 5.41) is 3.45. The summed E-state index contributed by atoms with van der Waals surface area (Å²) >= 11 is 1.30. The van der Waals surface area contributed by atoms with E-state index >= 15 is 0 Å². The molecule has 5 heteroatoms. The van der Waals surface area contributed by atoms with Crippen LogP contribution in [0.4, 0.5) is 5.13 Å². The van der Waals surface area contributed by atoms with E-state index in [1.54, 1.807) is 0 Å². The number of hydrogen-bond donors (Lipinski definition) is 1. The summed E-state index contributed by atoms with van der Waals surface area (Å²) in [6.45, 7) is 6.15. The first-order chi connectivity index (χ1) is 11.4. The molecule has 1 N–H and O–H groups in total. The average Bonchev–Trinajstić information content (AvgIpc) is 2.90. The minimum atomic E-state index is -0.209. The molecule has 1 unspecified atom stereocenters. The molecule has 0 aliphatic heterocycles. The van der Waals surface area contributed by atoms with Gasteiger partial charge in [0.1, 0.15) is 0 Å². The number of nitrogens with one attached hydrogen (secondary N) is 1. The van der Waals surface area contributed by atoms with Crippen LogP contribution in [0.1, 0.15) is 60.5 Å². The summed E-state index contributed by atoms with van der Waals surface area (Å²) in [4.78, 5) is 30.1. The second-order valence-corrected chi connectivity index (χ2v) is 8.10. The van der Waals surface area contributed by atoms with Gasteiger partial charge in [-0.25, -0.2) is 4.98 Å². The van der Waals surface area contributed by atoms with Crippen LogP contribution in [0.15, 0.2) is 30.3 Å². The molecule has 0 saturated heterocycles. The molecule has 0 radical (unpaired) electrons. The van der Waals surface area contributed by atoms with Crippen molar-refractivity contribution in [1.29, 1.82) is 0 Å². The minimum absolute atomic E-state index is 0.0601. The Morgan fingerprint density at radius 3 is 2.67 bits per heavy atom. The Morgan fingerprint density at radius 2 is 2.00 bits per heavy atom. The molecule has 0 fully saturated rings. The Hall–Kier alpha value is -2.01. The van der Waals surface area contributed by atoms with E-state index in [4.69, 9.17) is 0 Å². The molecule has 126 valence electrons. The van der Waals surface area contributed by atoms with E-state index in [1.807, 2.05) is 37.3 Å². The number of thiazole rings is 1. The van der Waals surface area contributed by atoms with Gasteiger partial charge in [0, 0.05) is 6.42 Å². The predicted molar refractivity (Wildman–Crippen MR) is 96.7 cm³/mol. The highest BCUT2D eigenvalue weighted by Gasteiger charge is 2.34. The fourth-order valence-electron chi connectivity index (χ4n) is 3.22. The van der Waals surface area contributed by atoms with Crippen molar-refractivity contribution in [3.8, 4) is 0 Å². The maximum atomic E-state index is 12.6. The lowest BCUT2D eigenvalue weighted by Crippen LogP contribution is -2.26. The molecule has 1 aromatic heterocycles. The Balaban J connectivity index is 1.79. The maximum absolute atomic E-state index is 12.6. The summed E-state index contributed by atoms with van der Waals surface area (Å²) < 4.78 is 0. The van der Waals surface area contributed by atoms with Gasteiger partial charge in [0.2, 0.25) is 5.91 Å². The van der Waals surface area contributed by atoms with Crippen LogP contribution in [-0.2, 0) is 11.2 Å². The van der Waals surface area contributed by atoms with Crippen molar-refractivity contribution >= 4 is 28.2 Å². The molecule has 1 heterocycles. The highest BCUT2D eigenvalue weighted by molar-refractivity contribution is 7.17. The van der Waals surface area contributed by atoms with Crippen LogP contribution in [-0.4, -0.2) is 16.7 Å². The standard InChI is InChI=1S/C19H22N2O2S/c1-4-13(12-8-6-5-7-9-12)17(23)21-18-20-14-10-19(2,3)11-15(22)16(14)24-18/h5-9,13H,4,10-11H2,1-3H3,(H,20,21,23). The van der Waals surface area contributed by atoms with Gasteiger partial charge < -0.3 is 5.32 Å².